The van der Waals surface area contributed by atoms with Gasteiger partial charge in [-0.25, -0.2) is 4.79 Å². The Balaban J connectivity index is 1.99. The quantitative estimate of drug-likeness (QED) is 0.897. The smallest absolute Gasteiger partial charge is 0.408 e. The minimum Gasteiger partial charge on any atom is -0.444 e. The van der Waals surface area contributed by atoms with Gasteiger partial charge in [-0.05, 0) is 32.4 Å². The fourth-order valence-electron chi connectivity index (χ4n) is 2.12. The van der Waals surface area contributed by atoms with Gasteiger partial charge in [0.25, 0.3) is 0 Å². The van der Waals surface area contributed by atoms with Crippen molar-refractivity contribution >= 4 is 17.7 Å². The predicted octanol–water partition coefficient (Wildman–Crippen LogP) is 3.82. The minimum atomic E-state index is -0.617. The first-order chi connectivity index (χ1) is 11.3. The standard InChI is InChI=1S/C19H22N2O3/c1-19(2,3)24-18(23)20-13-17(22)21-16-12-8-7-11-15(16)14-9-5-4-6-10-14/h4-12H,13H2,1-3H3,(H,20,23)(H,21,22). The van der Waals surface area contributed by atoms with E-state index in [4.69, 9.17) is 4.74 Å². The third-order valence-electron chi connectivity index (χ3n) is 3.08. The number of anilines is 1. The number of rotatable bonds is 4. The van der Waals surface area contributed by atoms with Gasteiger partial charge in [0.1, 0.15) is 12.1 Å². The molecule has 0 heterocycles. The van der Waals surface area contributed by atoms with Gasteiger partial charge in [-0.2, -0.15) is 0 Å². The summed E-state index contributed by atoms with van der Waals surface area (Å²) >= 11 is 0. The molecule has 5 nitrogen and oxygen atoms in total. The molecule has 0 aliphatic carbocycles. The van der Waals surface area contributed by atoms with Gasteiger partial charge in [0.05, 0.1) is 0 Å². The number of hydrogen-bond donors (Lipinski definition) is 2. The lowest BCUT2D eigenvalue weighted by molar-refractivity contribution is -0.115. The number of amides is 2. The Labute approximate surface area is 142 Å². The van der Waals surface area contributed by atoms with Crippen molar-refractivity contribution in [3.63, 3.8) is 0 Å². The summed E-state index contributed by atoms with van der Waals surface area (Å²) in [6, 6.07) is 17.3. The monoisotopic (exact) mass is 326 g/mol. The van der Waals surface area contributed by atoms with Crippen LogP contribution in [0.3, 0.4) is 0 Å². The molecule has 0 spiro atoms. The number of carbonyl (C=O) groups is 2. The summed E-state index contributed by atoms with van der Waals surface area (Å²) in [4.78, 5) is 23.7. The predicted molar refractivity (Wildman–Crippen MR) is 94.7 cm³/mol. The lowest BCUT2D eigenvalue weighted by atomic mass is 10.0. The van der Waals surface area contributed by atoms with E-state index in [1.165, 1.54) is 0 Å². The lowest BCUT2D eigenvalue weighted by Gasteiger charge is -2.19. The highest BCUT2D eigenvalue weighted by molar-refractivity contribution is 5.97. The Morgan fingerprint density at radius 1 is 0.958 bits per heavy atom. The average molecular weight is 326 g/mol. The molecule has 2 rings (SSSR count). The Bertz CT molecular complexity index is 706. The fourth-order valence-corrected chi connectivity index (χ4v) is 2.12. The molecular weight excluding hydrogens is 304 g/mol. The number of carbonyl (C=O) groups excluding carboxylic acids is 2. The van der Waals surface area contributed by atoms with E-state index in [1.54, 1.807) is 20.8 Å². The maximum Gasteiger partial charge on any atom is 0.408 e. The molecule has 2 aromatic carbocycles. The average Bonchev–Trinajstić information content (AvgIpc) is 2.53. The van der Waals surface area contributed by atoms with Crippen LogP contribution in [0.5, 0.6) is 0 Å². The second kappa shape index (κ2) is 7.64. The highest BCUT2D eigenvalue weighted by atomic mass is 16.6. The summed E-state index contributed by atoms with van der Waals surface area (Å²) < 4.78 is 5.10. The van der Waals surface area contributed by atoms with Gasteiger partial charge in [0.15, 0.2) is 0 Å². The number of hydrogen-bond acceptors (Lipinski definition) is 3. The van der Waals surface area contributed by atoms with Crippen molar-refractivity contribution in [3.8, 4) is 11.1 Å². The van der Waals surface area contributed by atoms with Gasteiger partial charge >= 0.3 is 6.09 Å². The van der Waals surface area contributed by atoms with Crippen molar-refractivity contribution in [3.05, 3.63) is 54.6 Å². The molecule has 0 aliphatic rings. The molecule has 0 radical (unpaired) electrons. The Morgan fingerprint density at radius 2 is 1.58 bits per heavy atom. The first-order valence-electron chi connectivity index (χ1n) is 7.76. The molecule has 2 aromatic rings. The minimum absolute atomic E-state index is 0.155. The largest absolute Gasteiger partial charge is 0.444 e. The number of alkyl carbamates (subject to hydrolysis) is 1. The van der Waals surface area contributed by atoms with E-state index in [-0.39, 0.29) is 12.5 Å². The number of para-hydroxylation sites is 1. The van der Waals surface area contributed by atoms with E-state index in [9.17, 15) is 9.59 Å². The molecule has 126 valence electrons. The van der Waals surface area contributed by atoms with Crippen LogP contribution < -0.4 is 10.6 Å². The van der Waals surface area contributed by atoms with Crippen LogP contribution in [-0.4, -0.2) is 24.1 Å². The van der Waals surface area contributed by atoms with Crippen LogP contribution in [0.1, 0.15) is 20.8 Å². The van der Waals surface area contributed by atoms with E-state index >= 15 is 0 Å². The third-order valence-corrected chi connectivity index (χ3v) is 3.08. The highest BCUT2D eigenvalue weighted by Crippen LogP contribution is 2.27. The van der Waals surface area contributed by atoms with Crippen molar-refractivity contribution in [2.75, 3.05) is 11.9 Å². The molecular formula is C19H22N2O3. The van der Waals surface area contributed by atoms with Crippen molar-refractivity contribution in [1.29, 1.82) is 0 Å². The van der Waals surface area contributed by atoms with Crippen molar-refractivity contribution in [2.24, 2.45) is 0 Å². The van der Waals surface area contributed by atoms with Crippen LogP contribution in [0.4, 0.5) is 10.5 Å². The zero-order valence-electron chi connectivity index (χ0n) is 14.1. The summed E-state index contributed by atoms with van der Waals surface area (Å²) in [5, 5.41) is 5.26. The highest BCUT2D eigenvalue weighted by Gasteiger charge is 2.17. The Hall–Kier alpha value is -2.82. The van der Waals surface area contributed by atoms with E-state index in [2.05, 4.69) is 10.6 Å². The van der Waals surface area contributed by atoms with Gasteiger partial charge in [-0.3, -0.25) is 4.79 Å². The first kappa shape index (κ1) is 17.5. The summed E-state index contributed by atoms with van der Waals surface area (Å²) in [6.07, 6.45) is -0.617. The van der Waals surface area contributed by atoms with Gasteiger partial charge in [-0.1, -0.05) is 48.5 Å². The summed E-state index contributed by atoms with van der Waals surface area (Å²) in [6.45, 7) is 5.15. The normalized spacial score (nSPS) is 10.8. The van der Waals surface area contributed by atoms with Crippen LogP contribution in [0.15, 0.2) is 54.6 Å². The molecule has 0 fully saturated rings. The molecule has 0 unspecified atom stereocenters. The van der Waals surface area contributed by atoms with Crippen LogP contribution >= 0.6 is 0 Å². The summed E-state index contributed by atoms with van der Waals surface area (Å²) in [5.41, 5.74) is 2.03. The maximum absolute atomic E-state index is 12.1. The van der Waals surface area contributed by atoms with Gasteiger partial charge < -0.3 is 15.4 Å². The number of ether oxygens (including phenoxy) is 1. The van der Waals surface area contributed by atoms with E-state index in [0.717, 1.165) is 11.1 Å². The maximum atomic E-state index is 12.1. The molecule has 24 heavy (non-hydrogen) atoms. The van der Waals surface area contributed by atoms with Crippen LogP contribution in [0.2, 0.25) is 0 Å². The molecule has 0 saturated carbocycles. The zero-order valence-corrected chi connectivity index (χ0v) is 14.1. The summed E-state index contributed by atoms with van der Waals surface area (Å²) in [5.74, 6) is -0.316. The van der Waals surface area contributed by atoms with Crippen LogP contribution in [0.25, 0.3) is 11.1 Å². The number of benzene rings is 2. The SMILES string of the molecule is CC(C)(C)OC(=O)NCC(=O)Nc1ccccc1-c1ccccc1. The third kappa shape index (κ3) is 5.43. The molecule has 5 heteroatoms. The molecule has 0 saturated heterocycles. The van der Waals surface area contributed by atoms with Gasteiger partial charge in [0.2, 0.25) is 5.91 Å². The molecule has 2 N–H and O–H groups in total. The van der Waals surface area contributed by atoms with Crippen LogP contribution in [-0.2, 0) is 9.53 Å². The molecule has 0 atom stereocenters. The topological polar surface area (TPSA) is 67.4 Å². The van der Waals surface area contributed by atoms with E-state index in [0.29, 0.717) is 5.69 Å². The second-order valence-electron chi connectivity index (χ2n) is 6.32. The van der Waals surface area contributed by atoms with Crippen molar-refractivity contribution < 1.29 is 14.3 Å². The van der Waals surface area contributed by atoms with E-state index < -0.39 is 11.7 Å². The zero-order chi connectivity index (χ0) is 17.6. The Morgan fingerprint density at radius 3 is 2.25 bits per heavy atom. The molecule has 0 aliphatic heterocycles. The van der Waals surface area contributed by atoms with E-state index in [1.807, 2.05) is 54.6 Å². The van der Waals surface area contributed by atoms with Crippen molar-refractivity contribution in [2.45, 2.75) is 26.4 Å². The van der Waals surface area contributed by atoms with Crippen LogP contribution in [0, 0.1) is 0 Å². The molecule has 0 bridgehead atoms. The molecule has 0 aromatic heterocycles. The van der Waals surface area contributed by atoms with Crippen molar-refractivity contribution in [1.82, 2.24) is 5.32 Å². The molecule has 2 amide bonds. The summed E-state index contributed by atoms with van der Waals surface area (Å²) in [7, 11) is 0. The fraction of sp³-hybridized carbons (Fsp3) is 0.263. The first-order valence-corrected chi connectivity index (χ1v) is 7.76. The van der Waals surface area contributed by atoms with Gasteiger partial charge in [-0.15, -0.1) is 0 Å². The Kier molecular flexibility index (Phi) is 5.58. The lowest BCUT2D eigenvalue weighted by Crippen LogP contribution is -2.37. The second-order valence-corrected chi connectivity index (χ2v) is 6.32. The number of nitrogens with one attached hydrogen (secondary N) is 2. The van der Waals surface area contributed by atoms with Gasteiger partial charge in [0, 0.05) is 11.3 Å².